The number of aliphatic hydroxyl groups excluding tert-OH is 1. The van der Waals surface area contributed by atoms with Gasteiger partial charge in [-0.3, -0.25) is 0 Å². The zero-order valence-electron chi connectivity index (χ0n) is 10.0. The molecule has 0 saturated carbocycles. The molecule has 0 aliphatic rings. The third kappa shape index (κ3) is 1.86. The van der Waals surface area contributed by atoms with Crippen LogP contribution in [0.1, 0.15) is 41.7 Å². The Hall–Kier alpha value is -1.02. The highest BCUT2D eigenvalue weighted by atomic mass is 16.3. The zero-order valence-corrected chi connectivity index (χ0v) is 10.0. The molecule has 0 fully saturated rings. The first-order valence-electron chi connectivity index (χ1n) is 5.51. The summed E-state index contributed by atoms with van der Waals surface area (Å²) in [6.07, 6.45) is 1.65. The van der Waals surface area contributed by atoms with Gasteiger partial charge in [0.1, 0.15) is 5.75 Å². The maximum atomic E-state index is 10.0. The highest BCUT2D eigenvalue weighted by molar-refractivity contribution is 5.54. The lowest BCUT2D eigenvalue weighted by Gasteiger charge is -2.18. The molecule has 2 N–H and O–H groups in total. The molecule has 2 heteroatoms. The quantitative estimate of drug-likeness (QED) is 0.801. The van der Waals surface area contributed by atoms with Crippen molar-refractivity contribution in [2.24, 2.45) is 0 Å². The minimum absolute atomic E-state index is 0.00977. The number of phenols is 1. The van der Waals surface area contributed by atoms with E-state index in [-0.39, 0.29) is 6.61 Å². The van der Waals surface area contributed by atoms with Gasteiger partial charge < -0.3 is 10.2 Å². The third-order valence-electron chi connectivity index (χ3n) is 3.23. The average Bonchev–Trinajstić information content (AvgIpc) is 2.23. The number of hydrogen-bond donors (Lipinski definition) is 2. The lowest BCUT2D eigenvalue weighted by Crippen LogP contribution is -2.04. The molecule has 1 aromatic carbocycles. The van der Waals surface area contributed by atoms with Crippen molar-refractivity contribution in [3.05, 3.63) is 27.8 Å². The first kappa shape index (κ1) is 12.1. The molecule has 84 valence electrons. The van der Waals surface area contributed by atoms with Crippen LogP contribution in [0, 0.1) is 13.8 Å². The Kier molecular flexibility index (Phi) is 3.75. The van der Waals surface area contributed by atoms with Gasteiger partial charge in [-0.15, -0.1) is 0 Å². The second-order valence-corrected chi connectivity index (χ2v) is 3.90. The van der Waals surface area contributed by atoms with Gasteiger partial charge in [0.15, 0.2) is 0 Å². The maximum absolute atomic E-state index is 10.0. The fourth-order valence-electron chi connectivity index (χ4n) is 2.33. The number of rotatable bonds is 3. The third-order valence-corrected chi connectivity index (χ3v) is 3.23. The van der Waals surface area contributed by atoms with E-state index in [0.29, 0.717) is 5.75 Å². The van der Waals surface area contributed by atoms with Crippen LogP contribution in [0.4, 0.5) is 0 Å². The lowest BCUT2D eigenvalue weighted by molar-refractivity contribution is 0.278. The molecule has 0 aliphatic heterocycles. The van der Waals surface area contributed by atoms with Crippen LogP contribution in [-0.2, 0) is 19.4 Å². The van der Waals surface area contributed by atoms with Crippen molar-refractivity contribution < 1.29 is 10.2 Å². The largest absolute Gasteiger partial charge is 0.507 e. The molecule has 0 unspecified atom stereocenters. The topological polar surface area (TPSA) is 40.5 Å². The Morgan fingerprint density at radius 1 is 0.867 bits per heavy atom. The Labute approximate surface area is 91.6 Å². The normalized spacial score (nSPS) is 10.7. The zero-order chi connectivity index (χ0) is 11.6. The summed E-state index contributed by atoms with van der Waals surface area (Å²) in [5.41, 5.74) is 5.05. The summed E-state index contributed by atoms with van der Waals surface area (Å²) in [6, 6.07) is 0. The minimum Gasteiger partial charge on any atom is -0.507 e. The average molecular weight is 208 g/mol. The molecule has 0 radical (unpaired) electrons. The van der Waals surface area contributed by atoms with E-state index >= 15 is 0 Å². The molecule has 1 aromatic rings. The van der Waals surface area contributed by atoms with Crippen molar-refractivity contribution in [3.8, 4) is 5.75 Å². The molecule has 0 atom stereocenters. The van der Waals surface area contributed by atoms with E-state index in [0.717, 1.165) is 40.7 Å². The van der Waals surface area contributed by atoms with E-state index in [1.807, 2.05) is 20.8 Å². The van der Waals surface area contributed by atoms with Gasteiger partial charge in [-0.1, -0.05) is 13.8 Å². The maximum Gasteiger partial charge on any atom is 0.122 e. The summed E-state index contributed by atoms with van der Waals surface area (Å²) in [5, 5.41) is 19.4. The minimum atomic E-state index is 0.00977. The Bertz CT molecular complexity index is 368. The van der Waals surface area contributed by atoms with Crippen LogP contribution in [0.3, 0.4) is 0 Å². The molecule has 0 heterocycles. The van der Waals surface area contributed by atoms with Crippen molar-refractivity contribution in [1.82, 2.24) is 0 Å². The molecule has 0 saturated heterocycles. The first-order valence-corrected chi connectivity index (χ1v) is 5.51. The van der Waals surface area contributed by atoms with Crippen LogP contribution < -0.4 is 0 Å². The van der Waals surface area contributed by atoms with Crippen molar-refractivity contribution in [2.45, 2.75) is 47.1 Å². The van der Waals surface area contributed by atoms with Gasteiger partial charge in [0.2, 0.25) is 0 Å². The van der Waals surface area contributed by atoms with Crippen molar-refractivity contribution >= 4 is 0 Å². The molecule has 2 nitrogen and oxygen atoms in total. The molecule has 1 rings (SSSR count). The van der Waals surface area contributed by atoms with Gasteiger partial charge in [0, 0.05) is 0 Å². The fourth-order valence-corrected chi connectivity index (χ4v) is 2.33. The fraction of sp³-hybridized carbons (Fsp3) is 0.538. The number of benzene rings is 1. The highest BCUT2D eigenvalue weighted by Crippen LogP contribution is 2.33. The summed E-state index contributed by atoms with van der Waals surface area (Å²) in [7, 11) is 0. The van der Waals surface area contributed by atoms with Gasteiger partial charge >= 0.3 is 0 Å². The second-order valence-electron chi connectivity index (χ2n) is 3.90. The van der Waals surface area contributed by atoms with Gasteiger partial charge in [-0.2, -0.15) is 0 Å². The van der Waals surface area contributed by atoms with E-state index in [4.69, 9.17) is 0 Å². The summed E-state index contributed by atoms with van der Waals surface area (Å²) in [4.78, 5) is 0. The van der Waals surface area contributed by atoms with E-state index < -0.39 is 0 Å². The van der Waals surface area contributed by atoms with E-state index in [1.54, 1.807) is 0 Å². The number of hydrogen-bond acceptors (Lipinski definition) is 2. The molecule has 0 amide bonds. The SMILES string of the molecule is CCc1c(C)c(O)c(CC)c(CO)c1C. The first-order chi connectivity index (χ1) is 7.08. The molecule has 0 spiro atoms. The Morgan fingerprint density at radius 3 is 1.80 bits per heavy atom. The van der Waals surface area contributed by atoms with E-state index in [9.17, 15) is 10.2 Å². The molecular formula is C13H20O2. The lowest BCUT2D eigenvalue weighted by atomic mass is 9.89. The van der Waals surface area contributed by atoms with Crippen LogP contribution in [0.15, 0.2) is 0 Å². The standard InChI is InChI=1S/C13H20O2/c1-5-10-8(3)12(7-14)11(6-2)13(15)9(10)4/h14-15H,5-7H2,1-4H3. The molecule has 15 heavy (non-hydrogen) atoms. The van der Waals surface area contributed by atoms with Gasteiger partial charge in [-0.25, -0.2) is 0 Å². The monoisotopic (exact) mass is 208 g/mol. The van der Waals surface area contributed by atoms with Gasteiger partial charge in [-0.05, 0) is 54.5 Å². The van der Waals surface area contributed by atoms with E-state index in [1.165, 1.54) is 0 Å². The van der Waals surface area contributed by atoms with Crippen molar-refractivity contribution in [3.63, 3.8) is 0 Å². The predicted octanol–water partition coefficient (Wildman–Crippen LogP) is 2.63. The van der Waals surface area contributed by atoms with Crippen LogP contribution in [0.5, 0.6) is 5.75 Å². The molecule has 0 aromatic heterocycles. The van der Waals surface area contributed by atoms with Crippen LogP contribution in [0.25, 0.3) is 0 Å². The van der Waals surface area contributed by atoms with Crippen LogP contribution in [-0.4, -0.2) is 10.2 Å². The summed E-state index contributed by atoms with van der Waals surface area (Å²) < 4.78 is 0. The summed E-state index contributed by atoms with van der Waals surface area (Å²) >= 11 is 0. The number of aromatic hydroxyl groups is 1. The van der Waals surface area contributed by atoms with Crippen molar-refractivity contribution in [2.75, 3.05) is 0 Å². The summed E-state index contributed by atoms with van der Waals surface area (Å²) in [5.74, 6) is 0.365. The smallest absolute Gasteiger partial charge is 0.122 e. The Balaban J connectivity index is 3.57. The van der Waals surface area contributed by atoms with Gasteiger partial charge in [0.25, 0.3) is 0 Å². The van der Waals surface area contributed by atoms with Crippen molar-refractivity contribution in [1.29, 1.82) is 0 Å². The molecule has 0 bridgehead atoms. The predicted molar refractivity (Wildman–Crippen MR) is 62.3 cm³/mol. The van der Waals surface area contributed by atoms with Crippen LogP contribution in [0.2, 0.25) is 0 Å². The Morgan fingerprint density at radius 2 is 1.40 bits per heavy atom. The second kappa shape index (κ2) is 4.67. The van der Waals surface area contributed by atoms with Gasteiger partial charge in [0.05, 0.1) is 6.61 Å². The molecular weight excluding hydrogens is 188 g/mol. The molecule has 0 aliphatic carbocycles. The number of phenolic OH excluding ortho intramolecular Hbond substituents is 1. The summed E-state index contributed by atoms with van der Waals surface area (Å²) in [6.45, 7) is 8.05. The number of aliphatic hydroxyl groups is 1. The highest BCUT2D eigenvalue weighted by Gasteiger charge is 2.16. The van der Waals surface area contributed by atoms with Crippen LogP contribution >= 0.6 is 0 Å². The van der Waals surface area contributed by atoms with E-state index in [2.05, 4.69) is 6.92 Å².